The summed E-state index contributed by atoms with van der Waals surface area (Å²) in [6.45, 7) is 0.686. The highest BCUT2D eigenvalue weighted by Crippen LogP contribution is 2.13. The van der Waals surface area contributed by atoms with E-state index in [4.69, 9.17) is 9.57 Å². The Morgan fingerprint density at radius 3 is 2.65 bits per heavy atom. The van der Waals surface area contributed by atoms with Crippen LogP contribution in [0.1, 0.15) is 47.2 Å². The van der Waals surface area contributed by atoms with E-state index in [1.165, 1.54) is 5.56 Å². The van der Waals surface area contributed by atoms with Gasteiger partial charge in [0.2, 0.25) is 0 Å². The van der Waals surface area contributed by atoms with Crippen molar-refractivity contribution in [2.24, 2.45) is 0 Å². The van der Waals surface area contributed by atoms with Crippen molar-refractivity contribution in [3.8, 4) is 0 Å². The van der Waals surface area contributed by atoms with Gasteiger partial charge in [0.15, 0.2) is 6.29 Å². The molecule has 0 spiro atoms. The van der Waals surface area contributed by atoms with Gasteiger partial charge in [0, 0.05) is 18.6 Å². The summed E-state index contributed by atoms with van der Waals surface area (Å²) in [5.74, 6) is -0.251. The molecule has 1 saturated heterocycles. The van der Waals surface area contributed by atoms with Crippen molar-refractivity contribution in [3.05, 3.63) is 77.4 Å². The SMILES string of the molecule is O=C(NOC1CCCCO1)c1ccc(C=CCCc2ccccc2)cc1. The average Bonchev–Trinajstić information content (AvgIpc) is 2.71. The summed E-state index contributed by atoms with van der Waals surface area (Å²) in [4.78, 5) is 17.4. The van der Waals surface area contributed by atoms with Crippen LogP contribution in [0.5, 0.6) is 0 Å². The van der Waals surface area contributed by atoms with Crippen LogP contribution < -0.4 is 5.48 Å². The van der Waals surface area contributed by atoms with Gasteiger partial charge in [-0.25, -0.2) is 10.3 Å². The Kier molecular flexibility index (Phi) is 6.99. The minimum Gasteiger partial charge on any atom is -0.350 e. The highest BCUT2D eigenvalue weighted by atomic mass is 16.8. The van der Waals surface area contributed by atoms with Crippen molar-refractivity contribution in [3.63, 3.8) is 0 Å². The number of hydrogen-bond acceptors (Lipinski definition) is 3. The third-order valence-corrected chi connectivity index (χ3v) is 4.35. The molecule has 4 nitrogen and oxygen atoms in total. The molecule has 1 atom stereocenters. The fourth-order valence-electron chi connectivity index (χ4n) is 2.84. The van der Waals surface area contributed by atoms with Crippen LogP contribution >= 0.6 is 0 Å². The number of rotatable bonds is 7. The molecule has 136 valence electrons. The van der Waals surface area contributed by atoms with Crippen LogP contribution in [0.4, 0.5) is 0 Å². The van der Waals surface area contributed by atoms with E-state index in [0.717, 1.165) is 37.7 Å². The summed E-state index contributed by atoms with van der Waals surface area (Å²) in [5, 5.41) is 0. The summed E-state index contributed by atoms with van der Waals surface area (Å²) in [5.41, 5.74) is 5.46. The number of benzene rings is 2. The second kappa shape index (κ2) is 9.90. The number of nitrogens with one attached hydrogen (secondary N) is 1. The van der Waals surface area contributed by atoms with Crippen molar-refractivity contribution in [1.82, 2.24) is 5.48 Å². The van der Waals surface area contributed by atoms with Crippen LogP contribution in [-0.2, 0) is 16.0 Å². The summed E-state index contributed by atoms with van der Waals surface area (Å²) in [7, 11) is 0. The average molecular weight is 351 g/mol. The molecule has 3 rings (SSSR count). The fraction of sp³-hybridized carbons (Fsp3) is 0.318. The Labute approximate surface area is 154 Å². The van der Waals surface area contributed by atoms with Gasteiger partial charge in [-0.2, -0.15) is 0 Å². The highest BCUT2D eigenvalue weighted by Gasteiger charge is 2.16. The van der Waals surface area contributed by atoms with Gasteiger partial charge in [0.1, 0.15) is 0 Å². The zero-order chi connectivity index (χ0) is 18.0. The summed E-state index contributed by atoms with van der Waals surface area (Å²) < 4.78 is 5.42. The van der Waals surface area contributed by atoms with E-state index < -0.39 is 0 Å². The normalized spacial score (nSPS) is 17.3. The standard InChI is InChI=1S/C22H25NO3/c24-22(23-26-21-12-6-7-17-25-21)20-15-13-19(14-16-20)11-5-4-10-18-8-2-1-3-9-18/h1-3,5,8-9,11,13-16,21H,4,6-7,10,12,17H2,(H,23,24). The molecule has 1 heterocycles. The first-order chi connectivity index (χ1) is 12.8. The van der Waals surface area contributed by atoms with Crippen molar-refractivity contribution in [2.45, 2.75) is 38.4 Å². The minimum absolute atomic E-state index is 0.251. The van der Waals surface area contributed by atoms with Crippen LogP contribution in [0.2, 0.25) is 0 Å². The zero-order valence-electron chi connectivity index (χ0n) is 14.9. The molecule has 0 aromatic heterocycles. The molecule has 2 aromatic rings. The van der Waals surface area contributed by atoms with Gasteiger partial charge in [-0.3, -0.25) is 4.79 Å². The fourth-order valence-corrected chi connectivity index (χ4v) is 2.84. The molecule has 1 fully saturated rings. The van der Waals surface area contributed by atoms with E-state index in [0.29, 0.717) is 12.2 Å². The van der Waals surface area contributed by atoms with Crippen LogP contribution in [0.3, 0.4) is 0 Å². The van der Waals surface area contributed by atoms with Gasteiger partial charge >= 0.3 is 0 Å². The number of aryl methyl sites for hydroxylation is 1. The molecule has 1 aliphatic rings. The second-order valence-electron chi connectivity index (χ2n) is 6.39. The lowest BCUT2D eigenvalue weighted by Gasteiger charge is -2.22. The van der Waals surface area contributed by atoms with Gasteiger partial charge in [-0.15, -0.1) is 0 Å². The Morgan fingerprint density at radius 1 is 1.12 bits per heavy atom. The van der Waals surface area contributed by atoms with Gasteiger partial charge < -0.3 is 4.74 Å². The van der Waals surface area contributed by atoms with E-state index in [2.05, 4.69) is 41.9 Å². The van der Waals surface area contributed by atoms with Crippen LogP contribution in [0.15, 0.2) is 60.7 Å². The van der Waals surface area contributed by atoms with Crippen molar-refractivity contribution in [1.29, 1.82) is 0 Å². The van der Waals surface area contributed by atoms with Crippen molar-refractivity contribution in [2.75, 3.05) is 6.61 Å². The molecule has 1 aliphatic heterocycles. The predicted molar refractivity (Wildman–Crippen MR) is 102 cm³/mol. The number of allylic oxidation sites excluding steroid dienone is 1. The van der Waals surface area contributed by atoms with E-state index in [-0.39, 0.29) is 12.2 Å². The molecule has 1 N–H and O–H groups in total. The number of ether oxygens (including phenoxy) is 1. The Hall–Kier alpha value is -2.43. The van der Waals surface area contributed by atoms with Gasteiger partial charge in [-0.1, -0.05) is 54.6 Å². The smallest absolute Gasteiger partial charge is 0.274 e. The summed E-state index contributed by atoms with van der Waals surface area (Å²) in [6.07, 6.45) is 8.84. The Balaban J connectivity index is 1.43. The van der Waals surface area contributed by atoms with Gasteiger partial charge in [-0.05, 0) is 48.9 Å². The number of amides is 1. The molecule has 1 amide bonds. The summed E-state index contributed by atoms with van der Waals surface area (Å²) in [6, 6.07) is 17.9. The largest absolute Gasteiger partial charge is 0.350 e. The number of hydrogen-bond donors (Lipinski definition) is 1. The van der Waals surface area contributed by atoms with Gasteiger partial charge in [0.25, 0.3) is 5.91 Å². The topological polar surface area (TPSA) is 47.6 Å². The summed E-state index contributed by atoms with van der Waals surface area (Å²) >= 11 is 0. The zero-order valence-corrected chi connectivity index (χ0v) is 14.9. The molecule has 26 heavy (non-hydrogen) atoms. The molecular weight excluding hydrogens is 326 g/mol. The first-order valence-electron chi connectivity index (χ1n) is 9.19. The predicted octanol–water partition coefficient (Wildman–Crippen LogP) is 4.52. The number of carbonyl (C=O) groups excluding carboxylic acids is 1. The molecule has 0 bridgehead atoms. The number of carbonyl (C=O) groups is 1. The Bertz CT molecular complexity index is 704. The molecule has 2 aromatic carbocycles. The highest BCUT2D eigenvalue weighted by molar-refractivity contribution is 5.93. The first kappa shape index (κ1) is 18.4. The first-order valence-corrected chi connectivity index (χ1v) is 9.19. The van der Waals surface area contributed by atoms with Crippen LogP contribution in [0.25, 0.3) is 6.08 Å². The second-order valence-corrected chi connectivity index (χ2v) is 6.39. The van der Waals surface area contributed by atoms with Crippen LogP contribution in [-0.4, -0.2) is 18.8 Å². The van der Waals surface area contributed by atoms with Crippen LogP contribution in [0, 0.1) is 0 Å². The molecule has 0 saturated carbocycles. The molecule has 1 unspecified atom stereocenters. The van der Waals surface area contributed by atoms with E-state index >= 15 is 0 Å². The maximum absolute atomic E-state index is 12.1. The maximum atomic E-state index is 12.1. The van der Waals surface area contributed by atoms with E-state index in [1.807, 2.05) is 18.2 Å². The van der Waals surface area contributed by atoms with E-state index in [9.17, 15) is 4.79 Å². The van der Waals surface area contributed by atoms with E-state index in [1.54, 1.807) is 12.1 Å². The monoisotopic (exact) mass is 351 g/mol. The Morgan fingerprint density at radius 2 is 1.92 bits per heavy atom. The lowest BCUT2D eigenvalue weighted by molar-refractivity contribution is -0.186. The minimum atomic E-state index is -0.334. The van der Waals surface area contributed by atoms with Crippen molar-refractivity contribution >= 4 is 12.0 Å². The molecule has 0 radical (unpaired) electrons. The molecular formula is C22H25NO3. The third-order valence-electron chi connectivity index (χ3n) is 4.35. The van der Waals surface area contributed by atoms with Crippen molar-refractivity contribution < 1.29 is 14.4 Å². The number of hydroxylamine groups is 1. The molecule has 4 heteroatoms. The third kappa shape index (κ3) is 5.83. The lowest BCUT2D eigenvalue weighted by atomic mass is 10.1. The van der Waals surface area contributed by atoms with Gasteiger partial charge in [0.05, 0.1) is 0 Å². The molecule has 0 aliphatic carbocycles. The lowest BCUT2D eigenvalue weighted by Crippen LogP contribution is -2.33. The maximum Gasteiger partial charge on any atom is 0.274 e. The quantitative estimate of drug-likeness (QED) is 0.746.